The predicted molar refractivity (Wildman–Crippen MR) is 68.7 cm³/mol. The second kappa shape index (κ2) is 5.97. The third-order valence-electron chi connectivity index (χ3n) is 3.21. The fraction of sp³-hybridized carbons (Fsp3) is 0.538. The van der Waals surface area contributed by atoms with Crippen molar-refractivity contribution < 1.29 is 13.2 Å². The minimum atomic E-state index is -4.10. The predicted octanol–water partition coefficient (Wildman–Crippen LogP) is 3.78. The number of nitrogens with one attached hydrogen (secondary N) is 1. The average molecular weight is 275 g/mol. The number of hydrogen-bond acceptors (Lipinski definition) is 2. The van der Waals surface area contributed by atoms with Crippen LogP contribution in [0.15, 0.2) is 30.3 Å². The van der Waals surface area contributed by atoms with Crippen LogP contribution in [-0.4, -0.2) is 23.8 Å². The van der Waals surface area contributed by atoms with Gasteiger partial charge in [0, 0.05) is 18.3 Å². The number of hydrogen-bond donors (Lipinski definition) is 1. The van der Waals surface area contributed by atoms with E-state index in [0.717, 1.165) is 12.8 Å². The zero-order valence-electron chi connectivity index (χ0n) is 9.91. The van der Waals surface area contributed by atoms with Crippen molar-refractivity contribution in [3.63, 3.8) is 0 Å². The lowest BCUT2D eigenvalue weighted by atomic mass is 9.76. The van der Waals surface area contributed by atoms with Crippen molar-refractivity contribution in [2.24, 2.45) is 0 Å². The number of thioether (sulfide) groups is 1. The molecule has 1 N–H and O–H groups in total. The van der Waals surface area contributed by atoms with Gasteiger partial charge in [-0.15, -0.1) is 0 Å². The third-order valence-corrected chi connectivity index (χ3v) is 3.95. The van der Waals surface area contributed by atoms with Crippen LogP contribution in [0.4, 0.5) is 13.2 Å². The number of rotatable bonds is 5. The molecule has 1 nitrogen and oxygen atoms in total. The summed E-state index contributed by atoms with van der Waals surface area (Å²) in [5, 5.41) is 3.17. The van der Waals surface area contributed by atoms with E-state index < -0.39 is 5.51 Å². The Morgan fingerprint density at radius 2 is 1.83 bits per heavy atom. The van der Waals surface area contributed by atoms with E-state index in [4.69, 9.17) is 0 Å². The molecule has 0 unspecified atom stereocenters. The summed E-state index contributed by atoms with van der Waals surface area (Å²) in [6.07, 6.45) is 2.06. The highest BCUT2D eigenvalue weighted by Gasteiger charge is 2.30. The first kappa shape index (κ1) is 13.7. The molecular weight excluding hydrogens is 259 g/mol. The van der Waals surface area contributed by atoms with Crippen LogP contribution in [0.2, 0.25) is 0 Å². The fourth-order valence-corrected chi connectivity index (χ4v) is 2.66. The van der Waals surface area contributed by atoms with Crippen LogP contribution in [0.25, 0.3) is 0 Å². The molecule has 0 aliphatic heterocycles. The number of benzene rings is 1. The highest BCUT2D eigenvalue weighted by Crippen LogP contribution is 2.36. The van der Waals surface area contributed by atoms with Crippen LogP contribution in [0.5, 0.6) is 0 Å². The maximum atomic E-state index is 11.9. The van der Waals surface area contributed by atoms with Crippen LogP contribution in [0.1, 0.15) is 24.3 Å². The van der Waals surface area contributed by atoms with Gasteiger partial charge in [0.1, 0.15) is 0 Å². The standard InChI is InChI=1S/C13H16F3NS/c14-13(15,16)18-7-6-17-12-8-11(9-12)10-4-2-1-3-5-10/h1-5,11-12,17H,6-9H2. The molecule has 1 aliphatic carbocycles. The molecule has 1 saturated carbocycles. The Morgan fingerprint density at radius 3 is 2.44 bits per heavy atom. The van der Waals surface area contributed by atoms with Gasteiger partial charge in [0.05, 0.1) is 0 Å². The molecule has 0 bridgehead atoms. The van der Waals surface area contributed by atoms with E-state index >= 15 is 0 Å². The van der Waals surface area contributed by atoms with E-state index in [1.807, 2.05) is 18.2 Å². The maximum Gasteiger partial charge on any atom is 0.441 e. The molecule has 0 atom stereocenters. The lowest BCUT2D eigenvalue weighted by Crippen LogP contribution is -2.41. The molecule has 0 amide bonds. The Kier molecular flexibility index (Phi) is 4.56. The molecule has 1 aliphatic rings. The average Bonchev–Trinajstić information content (AvgIpc) is 2.26. The van der Waals surface area contributed by atoms with Crippen molar-refractivity contribution in [2.45, 2.75) is 30.3 Å². The SMILES string of the molecule is FC(F)(F)SCCNC1CC(c2ccccc2)C1. The van der Waals surface area contributed by atoms with E-state index in [1.54, 1.807) is 0 Å². The molecule has 0 radical (unpaired) electrons. The number of alkyl halides is 3. The van der Waals surface area contributed by atoms with Crippen LogP contribution < -0.4 is 5.32 Å². The monoisotopic (exact) mass is 275 g/mol. The molecule has 18 heavy (non-hydrogen) atoms. The minimum absolute atomic E-state index is 0.0448. The molecule has 0 saturated heterocycles. The quantitative estimate of drug-likeness (QED) is 0.821. The van der Waals surface area contributed by atoms with Gasteiger partial charge < -0.3 is 5.32 Å². The summed E-state index contributed by atoms with van der Waals surface area (Å²) >= 11 is 0.0448. The van der Waals surface area contributed by atoms with E-state index in [-0.39, 0.29) is 17.5 Å². The van der Waals surface area contributed by atoms with E-state index in [9.17, 15) is 13.2 Å². The van der Waals surface area contributed by atoms with Gasteiger partial charge in [-0.2, -0.15) is 13.2 Å². The Morgan fingerprint density at radius 1 is 1.17 bits per heavy atom. The van der Waals surface area contributed by atoms with Gasteiger partial charge in [0.15, 0.2) is 0 Å². The molecule has 0 spiro atoms. The van der Waals surface area contributed by atoms with Gasteiger partial charge in [-0.25, -0.2) is 0 Å². The third kappa shape index (κ3) is 4.21. The summed E-state index contributed by atoms with van der Waals surface area (Å²) in [7, 11) is 0. The maximum absolute atomic E-state index is 11.9. The Balaban J connectivity index is 1.60. The van der Waals surface area contributed by atoms with Gasteiger partial charge >= 0.3 is 5.51 Å². The van der Waals surface area contributed by atoms with Gasteiger partial charge in [-0.05, 0) is 36.1 Å². The summed E-state index contributed by atoms with van der Waals surface area (Å²) in [4.78, 5) is 0. The van der Waals surface area contributed by atoms with Crippen LogP contribution in [0.3, 0.4) is 0 Å². The van der Waals surface area contributed by atoms with Gasteiger partial charge in [-0.1, -0.05) is 30.3 Å². The summed E-state index contributed by atoms with van der Waals surface area (Å²) < 4.78 is 35.7. The molecule has 1 fully saturated rings. The lowest BCUT2D eigenvalue weighted by molar-refractivity contribution is -0.0327. The number of halogens is 3. The highest BCUT2D eigenvalue weighted by atomic mass is 32.2. The highest BCUT2D eigenvalue weighted by molar-refractivity contribution is 8.00. The summed E-state index contributed by atoms with van der Waals surface area (Å²) in [5.74, 6) is 0.662. The fourth-order valence-electron chi connectivity index (χ4n) is 2.21. The molecule has 1 aromatic carbocycles. The molecule has 100 valence electrons. The molecule has 0 aromatic heterocycles. The summed E-state index contributed by atoms with van der Waals surface area (Å²) in [6, 6.07) is 10.6. The normalized spacial score (nSPS) is 23.7. The molecule has 1 aromatic rings. The Bertz CT molecular complexity index is 360. The molecule has 5 heteroatoms. The van der Waals surface area contributed by atoms with Crippen LogP contribution in [-0.2, 0) is 0 Å². The summed E-state index contributed by atoms with van der Waals surface area (Å²) in [6.45, 7) is 0.427. The first-order chi connectivity index (χ1) is 8.54. The summed E-state index contributed by atoms with van der Waals surface area (Å²) in [5.41, 5.74) is -2.77. The van der Waals surface area contributed by atoms with Crippen molar-refractivity contribution >= 4 is 11.8 Å². The van der Waals surface area contributed by atoms with E-state index in [0.29, 0.717) is 18.5 Å². The van der Waals surface area contributed by atoms with Gasteiger partial charge in [-0.3, -0.25) is 0 Å². The molecule has 2 rings (SSSR count). The first-order valence-corrected chi connectivity index (χ1v) is 7.02. The van der Waals surface area contributed by atoms with Crippen LogP contribution >= 0.6 is 11.8 Å². The van der Waals surface area contributed by atoms with Crippen molar-refractivity contribution in [2.75, 3.05) is 12.3 Å². The molecular formula is C13H16F3NS. The Labute approximate surface area is 109 Å². The van der Waals surface area contributed by atoms with Crippen molar-refractivity contribution in [3.05, 3.63) is 35.9 Å². The zero-order valence-corrected chi connectivity index (χ0v) is 10.7. The second-order valence-electron chi connectivity index (χ2n) is 4.52. The largest absolute Gasteiger partial charge is 0.441 e. The van der Waals surface area contributed by atoms with Crippen molar-refractivity contribution in [3.8, 4) is 0 Å². The van der Waals surface area contributed by atoms with Crippen LogP contribution in [0, 0.1) is 0 Å². The zero-order chi connectivity index (χ0) is 13.0. The first-order valence-electron chi connectivity index (χ1n) is 6.03. The molecule has 0 heterocycles. The van der Waals surface area contributed by atoms with Crippen molar-refractivity contribution in [1.82, 2.24) is 5.32 Å². The second-order valence-corrected chi connectivity index (χ2v) is 5.68. The topological polar surface area (TPSA) is 12.0 Å². The van der Waals surface area contributed by atoms with E-state index in [2.05, 4.69) is 17.4 Å². The van der Waals surface area contributed by atoms with Crippen molar-refractivity contribution in [1.29, 1.82) is 0 Å². The van der Waals surface area contributed by atoms with Gasteiger partial charge in [0.25, 0.3) is 0 Å². The minimum Gasteiger partial charge on any atom is -0.313 e. The Hall–Kier alpha value is -0.680. The van der Waals surface area contributed by atoms with E-state index in [1.165, 1.54) is 5.56 Å². The lowest BCUT2D eigenvalue weighted by Gasteiger charge is -2.36. The van der Waals surface area contributed by atoms with Gasteiger partial charge in [0.2, 0.25) is 0 Å². The smallest absolute Gasteiger partial charge is 0.313 e.